The van der Waals surface area contributed by atoms with Gasteiger partial charge in [0.1, 0.15) is 0 Å². The molecule has 0 saturated carbocycles. The van der Waals surface area contributed by atoms with Crippen LogP contribution in [0.1, 0.15) is 361 Å². The van der Waals surface area contributed by atoms with Crippen molar-refractivity contribution in [1.29, 1.82) is 0 Å². The summed E-state index contributed by atoms with van der Waals surface area (Å²) in [5, 5.41) is 23.4. The number of hydrogen-bond donors (Lipinski definition) is 3. The van der Waals surface area contributed by atoms with Gasteiger partial charge in [-0.3, -0.25) is 9.59 Å². The molecule has 68 heavy (non-hydrogen) atoms. The quantitative estimate of drug-likeness (QED) is 0.0417. The van der Waals surface area contributed by atoms with E-state index in [0.29, 0.717) is 25.9 Å². The Morgan fingerprint density at radius 1 is 0.353 bits per heavy atom. The Balaban J connectivity index is 3.42. The van der Waals surface area contributed by atoms with Gasteiger partial charge < -0.3 is 20.3 Å². The van der Waals surface area contributed by atoms with Gasteiger partial charge in [0.05, 0.1) is 25.4 Å². The van der Waals surface area contributed by atoms with Gasteiger partial charge in [0.15, 0.2) is 0 Å². The molecular weight excluding hydrogens is 839 g/mol. The predicted molar refractivity (Wildman–Crippen MR) is 297 cm³/mol. The second-order valence-corrected chi connectivity index (χ2v) is 21.8. The number of unbranched alkanes of at least 4 members (excludes halogenated alkanes) is 48. The van der Waals surface area contributed by atoms with E-state index in [1.807, 2.05) is 0 Å². The van der Waals surface area contributed by atoms with E-state index in [1.54, 1.807) is 0 Å². The minimum Gasteiger partial charge on any atom is -0.466 e. The van der Waals surface area contributed by atoms with Crippen LogP contribution in [0, 0.1) is 0 Å². The van der Waals surface area contributed by atoms with Crippen LogP contribution in [0.15, 0.2) is 0 Å². The van der Waals surface area contributed by atoms with E-state index in [-0.39, 0.29) is 18.5 Å². The average Bonchev–Trinajstić information content (AvgIpc) is 3.34. The number of carbonyl (C=O) groups is 2. The minimum atomic E-state index is -0.676. The van der Waals surface area contributed by atoms with Crippen molar-refractivity contribution in [3.63, 3.8) is 0 Å². The molecule has 6 nitrogen and oxygen atoms in total. The fourth-order valence-electron chi connectivity index (χ4n) is 10.1. The molecule has 0 spiro atoms. The molecule has 2 atom stereocenters. The molecule has 1 amide bonds. The topological polar surface area (TPSA) is 95.9 Å². The second kappa shape index (κ2) is 58.4. The van der Waals surface area contributed by atoms with Crippen LogP contribution in [-0.2, 0) is 14.3 Å². The first-order valence-corrected chi connectivity index (χ1v) is 31.3. The van der Waals surface area contributed by atoms with E-state index in [4.69, 9.17) is 4.74 Å². The first-order chi connectivity index (χ1) is 33.5. The van der Waals surface area contributed by atoms with Crippen LogP contribution in [-0.4, -0.2) is 47.4 Å². The zero-order chi connectivity index (χ0) is 49.3. The lowest BCUT2D eigenvalue weighted by Crippen LogP contribution is -2.45. The van der Waals surface area contributed by atoms with Crippen LogP contribution in [0.5, 0.6) is 0 Å². The molecule has 0 rings (SSSR count). The summed E-state index contributed by atoms with van der Waals surface area (Å²) in [7, 11) is 0. The molecule has 0 aliphatic carbocycles. The highest BCUT2D eigenvalue weighted by molar-refractivity contribution is 5.76. The molecule has 406 valence electrons. The van der Waals surface area contributed by atoms with Gasteiger partial charge in [-0.15, -0.1) is 0 Å². The van der Waals surface area contributed by atoms with Gasteiger partial charge >= 0.3 is 5.97 Å². The first-order valence-electron chi connectivity index (χ1n) is 31.3. The Morgan fingerprint density at radius 2 is 0.603 bits per heavy atom. The van der Waals surface area contributed by atoms with Gasteiger partial charge in [-0.2, -0.15) is 0 Å². The molecular formula is C62H123NO5. The molecule has 0 aliphatic rings. The fourth-order valence-corrected chi connectivity index (χ4v) is 10.1. The molecule has 0 heterocycles. The van der Waals surface area contributed by atoms with E-state index in [9.17, 15) is 19.8 Å². The van der Waals surface area contributed by atoms with Crippen LogP contribution in [0.4, 0.5) is 0 Å². The summed E-state index contributed by atoms with van der Waals surface area (Å²) in [6, 6.07) is -0.555. The van der Waals surface area contributed by atoms with Crippen LogP contribution in [0.25, 0.3) is 0 Å². The van der Waals surface area contributed by atoms with Crippen LogP contribution in [0.3, 0.4) is 0 Å². The van der Waals surface area contributed by atoms with Crippen molar-refractivity contribution in [2.24, 2.45) is 0 Å². The Hall–Kier alpha value is -1.14. The zero-order valence-electron chi connectivity index (χ0n) is 46.4. The standard InChI is InChI=1S/C62H123NO5/c1-3-5-7-9-11-13-15-17-19-21-23-24-25-26-27-29-31-34-38-42-46-50-54-60(65)59(58-64)63-61(66)55-51-47-43-39-35-33-37-41-45-49-53-57-68-62(67)56-52-48-44-40-36-32-30-28-22-20-18-16-14-12-10-8-6-4-2/h59-60,64-65H,3-58H2,1-2H3,(H,63,66). The fraction of sp³-hybridized carbons (Fsp3) is 0.968. The number of carbonyl (C=O) groups excluding carboxylic acids is 2. The smallest absolute Gasteiger partial charge is 0.305 e. The van der Waals surface area contributed by atoms with E-state index < -0.39 is 12.1 Å². The Bertz CT molecular complexity index is 975. The Labute approximate surface area is 426 Å². The monoisotopic (exact) mass is 962 g/mol. The van der Waals surface area contributed by atoms with E-state index in [0.717, 1.165) is 57.8 Å². The van der Waals surface area contributed by atoms with Gasteiger partial charge in [-0.05, 0) is 25.7 Å². The molecule has 3 N–H and O–H groups in total. The molecule has 0 fully saturated rings. The maximum absolute atomic E-state index is 12.5. The number of hydrogen-bond acceptors (Lipinski definition) is 5. The highest BCUT2D eigenvalue weighted by atomic mass is 16.5. The van der Waals surface area contributed by atoms with Crippen molar-refractivity contribution in [3.05, 3.63) is 0 Å². The summed E-state index contributed by atoms with van der Waals surface area (Å²) < 4.78 is 5.49. The zero-order valence-corrected chi connectivity index (χ0v) is 46.4. The number of aliphatic hydroxyl groups excluding tert-OH is 2. The highest BCUT2D eigenvalue weighted by Gasteiger charge is 2.20. The van der Waals surface area contributed by atoms with Crippen molar-refractivity contribution < 1.29 is 24.5 Å². The van der Waals surface area contributed by atoms with E-state index >= 15 is 0 Å². The van der Waals surface area contributed by atoms with Crippen LogP contribution in [0.2, 0.25) is 0 Å². The Morgan fingerprint density at radius 3 is 0.897 bits per heavy atom. The summed E-state index contributed by atoms with van der Waals surface area (Å²) >= 11 is 0. The maximum atomic E-state index is 12.5. The molecule has 6 heteroatoms. The SMILES string of the molecule is CCCCCCCCCCCCCCCCCCCCCCCCC(O)C(CO)NC(=O)CCCCCCCCCCCCCOC(=O)CCCCCCCCCCCCCCCCCCCC. The molecule has 0 aromatic heterocycles. The molecule has 0 radical (unpaired) electrons. The number of ether oxygens (including phenoxy) is 1. The summed E-state index contributed by atoms with van der Waals surface area (Å²) in [5.74, 6) is -0.0559. The minimum absolute atomic E-state index is 0.00747. The van der Waals surface area contributed by atoms with Crippen molar-refractivity contribution in [2.75, 3.05) is 13.2 Å². The van der Waals surface area contributed by atoms with Gasteiger partial charge in [-0.25, -0.2) is 0 Å². The lowest BCUT2D eigenvalue weighted by Gasteiger charge is -2.22. The van der Waals surface area contributed by atoms with Gasteiger partial charge in [-0.1, -0.05) is 322 Å². The molecule has 0 saturated heterocycles. The first kappa shape index (κ1) is 66.9. The third-order valence-corrected chi connectivity index (χ3v) is 14.9. The normalized spacial score (nSPS) is 12.5. The molecule has 0 aromatic carbocycles. The molecule has 0 aromatic rings. The van der Waals surface area contributed by atoms with E-state index in [1.165, 1.54) is 270 Å². The van der Waals surface area contributed by atoms with Crippen molar-refractivity contribution in [1.82, 2.24) is 5.32 Å². The lowest BCUT2D eigenvalue weighted by atomic mass is 10.0. The average molecular weight is 963 g/mol. The van der Waals surface area contributed by atoms with Crippen LogP contribution >= 0.6 is 0 Å². The second-order valence-electron chi connectivity index (χ2n) is 21.8. The highest BCUT2D eigenvalue weighted by Crippen LogP contribution is 2.19. The van der Waals surface area contributed by atoms with Gasteiger partial charge in [0.2, 0.25) is 5.91 Å². The summed E-state index contributed by atoms with van der Waals surface area (Å²) in [6.07, 6.45) is 68.2. The van der Waals surface area contributed by atoms with Gasteiger partial charge in [0, 0.05) is 12.8 Å². The molecule has 0 aliphatic heterocycles. The third kappa shape index (κ3) is 54.2. The third-order valence-electron chi connectivity index (χ3n) is 14.9. The van der Waals surface area contributed by atoms with Crippen molar-refractivity contribution >= 4 is 11.9 Å². The number of amides is 1. The van der Waals surface area contributed by atoms with Crippen molar-refractivity contribution in [2.45, 2.75) is 373 Å². The van der Waals surface area contributed by atoms with Crippen LogP contribution < -0.4 is 5.32 Å². The number of aliphatic hydroxyl groups is 2. The van der Waals surface area contributed by atoms with E-state index in [2.05, 4.69) is 19.2 Å². The number of esters is 1. The Kier molecular flexibility index (Phi) is 57.5. The predicted octanol–water partition coefficient (Wildman–Crippen LogP) is 19.5. The summed E-state index contributed by atoms with van der Waals surface area (Å²) in [5.41, 5.74) is 0. The molecule has 0 bridgehead atoms. The maximum Gasteiger partial charge on any atom is 0.305 e. The number of rotatable bonds is 59. The van der Waals surface area contributed by atoms with Gasteiger partial charge in [0.25, 0.3) is 0 Å². The lowest BCUT2D eigenvalue weighted by molar-refractivity contribution is -0.143. The van der Waals surface area contributed by atoms with Crippen molar-refractivity contribution in [3.8, 4) is 0 Å². The number of nitrogens with one attached hydrogen (secondary N) is 1. The summed E-state index contributed by atoms with van der Waals surface area (Å²) in [6.45, 7) is 4.96. The largest absolute Gasteiger partial charge is 0.466 e. The summed E-state index contributed by atoms with van der Waals surface area (Å²) in [4.78, 5) is 24.6. The molecule has 2 unspecified atom stereocenters.